The van der Waals surface area contributed by atoms with Crippen LogP contribution in [-0.4, -0.2) is 23.7 Å². The Balaban J connectivity index is 2.48. The van der Waals surface area contributed by atoms with Crippen LogP contribution in [0.2, 0.25) is 0 Å². The van der Waals surface area contributed by atoms with E-state index in [0.717, 1.165) is 6.21 Å². The van der Waals surface area contributed by atoms with Gasteiger partial charge in [-0.15, -0.1) is 0 Å². The van der Waals surface area contributed by atoms with Gasteiger partial charge in [-0.05, 0) is 12.2 Å². The van der Waals surface area contributed by atoms with Crippen LogP contribution in [0.3, 0.4) is 0 Å². The summed E-state index contributed by atoms with van der Waals surface area (Å²) in [4.78, 5) is 28.9. The molecule has 1 amide bonds. The smallest absolute Gasteiger partial charge is 0.271 e. The molecule has 2 aliphatic heterocycles. The molecule has 0 fully saturated rings. The number of dihydropyridines is 2. The van der Waals surface area contributed by atoms with Crippen molar-refractivity contribution in [1.29, 1.82) is 0 Å². The lowest BCUT2D eigenvalue weighted by Gasteiger charge is -2.07. The highest BCUT2D eigenvalue weighted by Crippen LogP contribution is 2.10. The first-order valence-corrected chi connectivity index (χ1v) is 3.36. The molecule has 0 unspecified atom stereocenters. The Morgan fingerprint density at radius 3 is 2.83 bits per heavy atom. The first kappa shape index (κ1) is 6.84. The first-order valence-electron chi connectivity index (χ1n) is 3.36. The van der Waals surface area contributed by atoms with Crippen molar-refractivity contribution < 1.29 is 9.59 Å². The van der Waals surface area contributed by atoms with Crippen molar-refractivity contribution in [2.75, 3.05) is 0 Å². The summed E-state index contributed by atoms with van der Waals surface area (Å²) in [5.41, 5.74) is 0.599. The van der Waals surface area contributed by atoms with Gasteiger partial charge in [0.05, 0.1) is 6.21 Å². The van der Waals surface area contributed by atoms with Crippen LogP contribution in [0.5, 0.6) is 0 Å². The number of hydrogen-bond acceptors (Lipinski definition) is 3. The topological polar surface area (TPSA) is 58.9 Å². The number of carbonyl (C=O) groups is 2. The lowest BCUT2D eigenvalue weighted by Crippen LogP contribution is -2.14. The zero-order valence-corrected chi connectivity index (χ0v) is 6.02. The highest BCUT2D eigenvalue weighted by molar-refractivity contribution is 6.39. The van der Waals surface area contributed by atoms with Gasteiger partial charge in [-0.1, -0.05) is 0 Å². The Kier molecular flexibility index (Phi) is 1.33. The molecule has 0 aromatic rings. The van der Waals surface area contributed by atoms with E-state index in [2.05, 4.69) is 9.98 Å². The minimum Gasteiger partial charge on any atom is -0.288 e. The van der Waals surface area contributed by atoms with E-state index in [4.69, 9.17) is 0 Å². The lowest BCUT2D eigenvalue weighted by atomic mass is 10.1. The molecule has 0 radical (unpaired) electrons. The van der Waals surface area contributed by atoms with Gasteiger partial charge in [-0.3, -0.25) is 9.59 Å². The van der Waals surface area contributed by atoms with Gasteiger partial charge in [-0.2, -0.15) is 4.99 Å². The fourth-order valence-electron chi connectivity index (χ4n) is 0.973. The summed E-state index contributed by atoms with van der Waals surface area (Å²) in [7, 11) is 0. The molecule has 2 rings (SSSR count). The van der Waals surface area contributed by atoms with Crippen LogP contribution in [0.1, 0.15) is 0 Å². The molecule has 0 aromatic carbocycles. The maximum Gasteiger partial charge on any atom is 0.271 e. The predicted molar refractivity (Wildman–Crippen MR) is 43.2 cm³/mol. The van der Waals surface area contributed by atoms with Crippen LogP contribution in [0, 0.1) is 0 Å². The van der Waals surface area contributed by atoms with E-state index in [0.29, 0.717) is 11.4 Å². The summed E-state index contributed by atoms with van der Waals surface area (Å²) in [6, 6.07) is 0. The Labute approximate surface area is 68.0 Å². The van der Waals surface area contributed by atoms with E-state index >= 15 is 0 Å². The van der Waals surface area contributed by atoms with Gasteiger partial charge in [-0.25, -0.2) is 4.99 Å². The van der Waals surface area contributed by atoms with Crippen molar-refractivity contribution in [2.24, 2.45) is 9.98 Å². The Morgan fingerprint density at radius 1 is 1.17 bits per heavy atom. The number of nitrogens with zero attached hydrogens (tertiary/aromatic N) is 2. The summed E-state index contributed by atoms with van der Waals surface area (Å²) >= 11 is 0. The average Bonchev–Trinajstić information content (AvgIpc) is 2.05. The molecule has 2 heterocycles. The number of amidine groups is 1. The number of ketones is 1. The second kappa shape index (κ2) is 2.34. The summed E-state index contributed by atoms with van der Waals surface area (Å²) in [6.07, 6.45) is 5.39. The number of amides is 1. The van der Waals surface area contributed by atoms with Crippen molar-refractivity contribution in [3.63, 3.8) is 0 Å². The quantitative estimate of drug-likeness (QED) is 0.503. The normalized spacial score (nSPS) is 20.3. The van der Waals surface area contributed by atoms with Gasteiger partial charge >= 0.3 is 0 Å². The summed E-state index contributed by atoms with van der Waals surface area (Å²) in [5.74, 6) is -0.196. The Morgan fingerprint density at radius 2 is 2.00 bits per heavy atom. The Hall–Kier alpha value is -1.84. The van der Waals surface area contributed by atoms with E-state index in [1.54, 1.807) is 6.08 Å². The zero-order valence-electron chi connectivity index (χ0n) is 6.02. The van der Waals surface area contributed by atoms with Crippen LogP contribution in [-0.2, 0) is 9.59 Å². The molecule has 0 aliphatic carbocycles. The lowest BCUT2D eigenvalue weighted by molar-refractivity contribution is -0.113. The largest absolute Gasteiger partial charge is 0.288 e. The molecular weight excluding hydrogens is 156 g/mol. The molecule has 0 saturated heterocycles. The van der Waals surface area contributed by atoms with Crippen LogP contribution < -0.4 is 0 Å². The van der Waals surface area contributed by atoms with Gasteiger partial charge in [0, 0.05) is 11.6 Å². The van der Waals surface area contributed by atoms with Gasteiger partial charge in [0.15, 0.2) is 11.6 Å². The summed E-state index contributed by atoms with van der Waals surface area (Å²) < 4.78 is 0. The van der Waals surface area contributed by atoms with Gasteiger partial charge < -0.3 is 0 Å². The molecule has 0 aromatic heterocycles. The standard InChI is InChI=1S/C8H4N2O2/c11-6-3-5-1-2-7(12)10-8(5)9-4-6/h1-4H. The SMILES string of the molecule is O=C1C=NC2=NC(=O)C=CC2=C1. The van der Waals surface area contributed by atoms with Crippen LogP contribution in [0.25, 0.3) is 0 Å². The number of fused-ring (bicyclic) bond motifs is 1. The molecule has 0 atom stereocenters. The molecule has 0 spiro atoms. The van der Waals surface area contributed by atoms with E-state index < -0.39 is 0 Å². The third-order valence-electron chi connectivity index (χ3n) is 1.49. The summed E-state index contributed by atoms with van der Waals surface area (Å²) in [6.45, 7) is 0. The molecule has 0 saturated carbocycles. The molecule has 58 valence electrons. The number of rotatable bonds is 0. The van der Waals surface area contributed by atoms with E-state index in [1.165, 1.54) is 12.2 Å². The maximum absolute atomic E-state index is 10.8. The number of allylic oxidation sites excluding steroid dienone is 1. The fraction of sp³-hybridized carbons (Fsp3) is 0. The minimum atomic E-state index is -0.339. The van der Waals surface area contributed by atoms with Crippen molar-refractivity contribution in [3.8, 4) is 0 Å². The second-order valence-corrected chi connectivity index (χ2v) is 2.37. The van der Waals surface area contributed by atoms with Crippen molar-refractivity contribution in [1.82, 2.24) is 0 Å². The molecule has 4 nitrogen and oxygen atoms in total. The van der Waals surface area contributed by atoms with Crippen LogP contribution in [0.15, 0.2) is 33.8 Å². The number of aliphatic imine (C=N–C) groups is 2. The zero-order chi connectivity index (χ0) is 8.55. The van der Waals surface area contributed by atoms with Crippen LogP contribution in [0.4, 0.5) is 0 Å². The third-order valence-corrected chi connectivity index (χ3v) is 1.49. The van der Waals surface area contributed by atoms with E-state index in [1.807, 2.05) is 0 Å². The van der Waals surface area contributed by atoms with Crippen molar-refractivity contribution >= 4 is 23.7 Å². The van der Waals surface area contributed by atoms with E-state index in [-0.39, 0.29) is 11.7 Å². The predicted octanol–water partition coefficient (Wildman–Crippen LogP) is 0.0612. The average molecular weight is 160 g/mol. The molecule has 0 N–H and O–H groups in total. The molecule has 4 heteroatoms. The molecule has 2 aliphatic rings. The van der Waals surface area contributed by atoms with Gasteiger partial charge in [0.1, 0.15) is 0 Å². The fourth-order valence-corrected chi connectivity index (χ4v) is 0.973. The summed E-state index contributed by atoms with van der Waals surface area (Å²) in [5, 5.41) is 0. The maximum atomic E-state index is 10.8. The monoisotopic (exact) mass is 160 g/mol. The number of carbonyl (C=O) groups excluding carboxylic acids is 2. The van der Waals surface area contributed by atoms with Gasteiger partial charge in [0.25, 0.3) is 5.91 Å². The first-order chi connectivity index (χ1) is 5.75. The highest BCUT2D eigenvalue weighted by Gasteiger charge is 2.14. The van der Waals surface area contributed by atoms with E-state index in [9.17, 15) is 9.59 Å². The molecular formula is C8H4N2O2. The second-order valence-electron chi connectivity index (χ2n) is 2.37. The highest BCUT2D eigenvalue weighted by atomic mass is 16.1. The van der Waals surface area contributed by atoms with Crippen LogP contribution >= 0.6 is 0 Å². The number of hydrogen-bond donors (Lipinski definition) is 0. The Bertz CT molecular complexity index is 348. The molecule has 12 heavy (non-hydrogen) atoms. The van der Waals surface area contributed by atoms with Crippen molar-refractivity contribution in [2.45, 2.75) is 0 Å². The molecule has 0 bridgehead atoms. The van der Waals surface area contributed by atoms with Gasteiger partial charge in [0.2, 0.25) is 0 Å². The minimum absolute atomic E-state index is 0.178. The van der Waals surface area contributed by atoms with Crippen molar-refractivity contribution in [3.05, 3.63) is 23.8 Å². The third kappa shape index (κ3) is 1.03.